The summed E-state index contributed by atoms with van der Waals surface area (Å²) in [4.78, 5) is 9.87. The van der Waals surface area contributed by atoms with Crippen molar-refractivity contribution < 1.29 is 0 Å². The zero-order valence-electron chi connectivity index (χ0n) is 8.41. The summed E-state index contributed by atoms with van der Waals surface area (Å²) >= 11 is 3.33. The molecule has 0 aliphatic rings. The predicted molar refractivity (Wildman–Crippen MR) is 66.8 cm³/mol. The summed E-state index contributed by atoms with van der Waals surface area (Å²) in [5.41, 5.74) is 2.94. The molecular formula is C11H9N3S2. The molecule has 0 saturated heterocycles. The Morgan fingerprint density at radius 3 is 3.06 bits per heavy atom. The fourth-order valence-corrected chi connectivity index (χ4v) is 2.84. The highest BCUT2D eigenvalue weighted by molar-refractivity contribution is 7.13. The van der Waals surface area contributed by atoms with Crippen LogP contribution in [0.4, 0.5) is 0 Å². The molecule has 80 valence electrons. The minimum atomic E-state index is 0.788. The summed E-state index contributed by atoms with van der Waals surface area (Å²) < 4.78 is 2.13. The van der Waals surface area contributed by atoms with Gasteiger partial charge in [-0.3, -0.25) is 0 Å². The number of thiophene rings is 1. The third-order valence-electron chi connectivity index (χ3n) is 2.27. The molecule has 16 heavy (non-hydrogen) atoms. The van der Waals surface area contributed by atoms with E-state index in [1.165, 1.54) is 4.88 Å². The normalized spacial score (nSPS) is 10.8. The Labute approximate surface area is 101 Å². The van der Waals surface area contributed by atoms with Crippen LogP contribution in [0.2, 0.25) is 0 Å². The second-order valence-corrected chi connectivity index (χ2v) is 5.00. The summed E-state index contributed by atoms with van der Waals surface area (Å²) in [6.07, 6.45) is 3.83. The molecule has 0 N–H and O–H groups in total. The second-order valence-electron chi connectivity index (χ2n) is 3.34. The van der Waals surface area contributed by atoms with Gasteiger partial charge in [-0.05, 0) is 11.4 Å². The lowest BCUT2D eigenvalue weighted by Crippen LogP contribution is -2.00. The Morgan fingerprint density at radius 1 is 1.31 bits per heavy atom. The molecule has 0 amide bonds. The van der Waals surface area contributed by atoms with Crippen molar-refractivity contribution in [3.63, 3.8) is 0 Å². The molecule has 0 saturated carbocycles. The van der Waals surface area contributed by atoms with E-state index in [0.29, 0.717) is 0 Å². The van der Waals surface area contributed by atoms with Crippen molar-refractivity contribution >= 4 is 22.7 Å². The van der Waals surface area contributed by atoms with Crippen LogP contribution in [0.3, 0.4) is 0 Å². The van der Waals surface area contributed by atoms with Crippen LogP contribution in [0.25, 0.3) is 10.7 Å². The van der Waals surface area contributed by atoms with E-state index in [1.54, 1.807) is 22.7 Å². The van der Waals surface area contributed by atoms with E-state index in [0.717, 1.165) is 18.1 Å². The van der Waals surface area contributed by atoms with E-state index in [-0.39, 0.29) is 0 Å². The Bertz CT molecular complexity index is 552. The lowest BCUT2D eigenvalue weighted by Gasteiger charge is -2.03. The number of nitrogens with zero attached hydrogens (tertiary/aromatic N) is 3. The van der Waals surface area contributed by atoms with Crippen molar-refractivity contribution in [3.05, 3.63) is 46.5 Å². The highest BCUT2D eigenvalue weighted by Gasteiger charge is 2.07. The molecule has 3 heterocycles. The molecule has 0 atom stereocenters. The van der Waals surface area contributed by atoms with Crippen molar-refractivity contribution in [2.24, 2.45) is 0 Å². The molecule has 0 aliphatic carbocycles. The molecule has 0 aliphatic heterocycles. The van der Waals surface area contributed by atoms with Gasteiger partial charge in [0.25, 0.3) is 0 Å². The third kappa shape index (κ3) is 1.79. The first-order valence-corrected chi connectivity index (χ1v) is 6.68. The van der Waals surface area contributed by atoms with Crippen molar-refractivity contribution in [2.75, 3.05) is 0 Å². The first-order valence-electron chi connectivity index (χ1n) is 4.85. The highest BCUT2D eigenvalue weighted by Crippen LogP contribution is 2.23. The molecular weight excluding hydrogens is 238 g/mol. The van der Waals surface area contributed by atoms with Gasteiger partial charge in [0.05, 0.1) is 22.6 Å². The molecule has 5 heteroatoms. The van der Waals surface area contributed by atoms with Crippen LogP contribution in [0.15, 0.2) is 40.8 Å². The fourth-order valence-electron chi connectivity index (χ4n) is 1.56. The lowest BCUT2D eigenvalue weighted by molar-refractivity contribution is 0.789. The second kappa shape index (κ2) is 4.19. The number of hydrogen-bond acceptors (Lipinski definition) is 4. The van der Waals surface area contributed by atoms with Gasteiger partial charge in [0.2, 0.25) is 0 Å². The van der Waals surface area contributed by atoms with Crippen molar-refractivity contribution in [1.82, 2.24) is 14.5 Å². The number of hydrogen-bond donors (Lipinski definition) is 0. The van der Waals surface area contributed by atoms with Gasteiger partial charge in [-0.1, -0.05) is 6.07 Å². The quantitative estimate of drug-likeness (QED) is 0.712. The van der Waals surface area contributed by atoms with Crippen LogP contribution >= 0.6 is 22.7 Å². The smallest absolute Gasteiger partial charge is 0.150 e. The van der Waals surface area contributed by atoms with Crippen LogP contribution in [-0.2, 0) is 6.54 Å². The summed E-state index contributed by atoms with van der Waals surface area (Å²) in [5, 5.41) is 4.13. The molecule has 0 unspecified atom stereocenters. The Kier molecular flexibility index (Phi) is 2.55. The monoisotopic (exact) mass is 247 g/mol. The van der Waals surface area contributed by atoms with Crippen LogP contribution in [0.5, 0.6) is 0 Å². The molecule has 3 aromatic rings. The molecule has 0 bridgehead atoms. The first kappa shape index (κ1) is 9.74. The lowest BCUT2D eigenvalue weighted by atomic mass is 10.4. The van der Waals surface area contributed by atoms with Crippen LogP contribution in [-0.4, -0.2) is 14.5 Å². The van der Waals surface area contributed by atoms with Gasteiger partial charge in [0.1, 0.15) is 5.82 Å². The van der Waals surface area contributed by atoms with Gasteiger partial charge in [-0.2, -0.15) is 0 Å². The van der Waals surface area contributed by atoms with E-state index in [1.807, 2.05) is 24.0 Å². The topological polar surface area (TPSA) is 30.7 Å². The van der Waals surface area contributed by atoms with Gasteiger partial charge < -0.3 is 4.57 Å². The zero-order valence-corrected chi connectivity index (χ0v) is 10.0. The molecule has 3 nitrogen and oxygen atoms in total. The zero-order chi connectivity index (χ0) is 10.8. The Morgan fingerprint density at radius 2 is 2.31 bits per heavy atom. The third-order valence-corrected chi connectivity index (χ3v) is 3.77. The summed E-state index contributed by atoms with van der Waals surface area (Å²) in [7, 11) is 0. The summed E-state index contributed by atoms with van der Waals surface area (Å²) in [6.45, 7) is 0.788. The van der Waals surface area contributed by atoms with E-state index < -0.39 is 0 Å². The number of imidazole rings is 1. The molecule has 0 fully saturated rings. The van der Waals surface area contributed by atoms with Crippen molar-refractivity contribution in [2.45, 2.75) is 6.54 Å². The molecule has 3 aromatic heterocycles. The van der Waals surface area contributed by atoms with E-state index in [2.05, 4.69) is 31.4 Å². The average molecular weight is 247 g/mol. The Balaban J connectivity index is 1.94. The number of aromatic nitrogens is 3. The molecule has 0 radical (unpaired) electrons. The van der Waals surface area contributed by atoms with Crippen molar-refractivity contribution in [3.8, 4) is 10.7 Å². The maximum absolute atomic E-state index is 4.39. The van der Waals surface area contributed by atoms with Gasteiger partial charge in [-0.15, -0.1) is 22.7 Å². The van der Waals surface area contributed by atoms with Gasteiger partial charge in [0, 0.05) is 17.8 Å². The minimum Gasteiger partial charge on any atom is -0.324 e. The maximum atomic E-state index is 4.39. The first-order chi connectivity index (χ1) is 7.93. The molecule has 0 spiro atoms. The van der Waals surface area contributed by atoms with Crippen molar-refractivity contribution in [1.29, 1.82) is 0 Å². The van der Waals surface area contributed by atoms with E-state index in [4.69, 9.17) is 0 Å². The SMILES string of the molecule is c1csc(-c2nccn2Cc2cscn2)c1. The predicted octanol–water partition coefficient (Wildman–Crippen LogP) is 3.12. The van der Waals surface area contributed by atoms with E-state index >= 15 is 0 Å². The summed E-state index contributed by atoms with van der Waals surface area (Å²) in [6, 6.07) is 4.13. The molecule has 0 aromatic carbocycles. The van der Waals surface area contributed by atoms with Crippen LogP contribution < -0.4 is 0 Å². The van der Waals surface area contributed by atoms with Crippen LogP contribution in [0, 0.1) is 0 Å². The van der Waals surface area contributed by atoms with Crippen LogP contribution in [0.1, 0.15) is 5.69 Å². The number of thiazole rings is 1. The van der Waals surface area contributed by atoms with Gasteiger partial charge in [-0.25, -0.2) is 9.97 Å². The fraction of sp³-hybridized carbons (Fsp3) is 0.0909. The molecule has 3 rings (SSSR count). The maximum Gasteiger partial charge on any atom is 0.150 e. The standard InChI is InChI=1S/C11H9N3S2/c1-2-10(16-5-1)11-12-3-4-14(11)6-9-7-15-8-13-9/h1-5,7-8H,6H2. The largest absolute Gasteiger partial charge is 0.324 e. The van der Waals surface area contributed by atoms with Gasteiger partial charge >= 0.3 is 0 Å². The van der Waals surface area contributed by atoms with E-state index in [9.17, 15) is 0 Å². The Hall–Kier alpha value is -1.46. The highest BCUT2D eigenvalue weighted by atomic mass is 32.1. The average Bonchev–Trinajstić information content (AvgIpc) is 2.98. The summed E-state index contributed by atoms with van der Waals surface area (Å²) in [5.74, 6) is 1.02. The minimum absolute atomic E-state index is 0.788. The number of rotatable bonds is 3. The van der Waals surface area contributed by atoms with Gasteiger partial charge in [0.15, 0.2) is 0 Å².